The van der Waals surface area contributed by atoms with Gasteiger partial charge in [-0.1, -0.05) is 45.4 Å². The van der Waals surface area contributed by atoms with Crippen LogP contribution in [-0.4, -0.2) is 28.6 Å². The van der Waals surface area contributed by atoms with Crippen molar-refractivity contribution < 1.29 is 19.7 Å². The van der Waals surface area contributed by atoms with Crippen molar-refractivity contribution in [1.82, 2.24) is 0 Å². The normalized spacial score (nSPS) is 14.4. The molecule has 0 aromatic carbocycles. The zero-order valence-corrected chi connectivity index (χ0v) is 11.0. The lowest BCUT2D eigenvalue weighted by Crippen LogP contribution is -2.28. The highest BCUT2D eigenvalue weighted by molar-refractivity contribution is 5.69. The van der Waals surface area contributed by atoms with Gasteiger partial charge in [0.2, 0.25) is 6.29 Å². The molecule has 17 heavy (non-hydrogen) atoms. The van der Waals surface area contributed by atoms with Crippen LogP contribution in [0.15, 0.2) is 0 Å². The summed E-state index contributed by atoms with van der Waals surface area (Å²) in [4.78, 5) is 11.2. The Labute approximate surface area is 104 Å². The molecule has 2 N–H and O–H groups in total. The third-order valence-electron chi connectivity index (χ3n) is 2.65. The van der Waals surface area contributed by atoms with Crippen LogP contribution in [0.2, 0.25) is 0 Å². The molecule has 0 aliphatic heterocycles. The summed E-state index contributed by atoms with van der Waals surface area (Å²) in [6.45, 7) is 3.56. The van der Waals surface area contributed by atoms with Gasteiger partial charge in [0.1, 0.15) is 6.10 Å². The molecule has 4 nitrogen and oxygen atoms in total. The molecule has 102 valence electrons. The summed E-state index contributed by atoms with van der Waals surface area (Å²) in [6.07, 6.45) is 5.85. The second-order valence-corrected chi connectivity index (χ2v) is 4.49. The molecule has 0 saturated heterocycles. The summed E-state index contributed by atoms with van der Waals surface area (Å²) >= 11 is 0. The van der Waals surface area contributed by atoms with Gasteiger partial charge in [0.05, 0.1) is 0 Å². The number of carbonyl (C=O) groups excluding carboxylic acids is 1. The van der Waals surface area contributed by atoms with Gasteiger partial charge in [-0.15, -0.1) is 0 Å². The molecule has 0 aliphatic carbocycles. The second-order valence-electron chi connectivity index (χ2n) is 4.49. The summed E-state index contributed by atoms with van der Waals surface area (Å²) in [6, 6.07) is 0. The predicted molar refractivity (Wildman–Crippen MR) is 66.4 cm³/mol. The van der Waals surface area contributed by atoms with Crippen LogP contribution in [0.5, 0.6) is 0 Å². The van der Waals surface area contributed by atoms with Crippen molar-refractivity contribution in [2.75, 3.05) is 0 Å². The zero-order chi connectivity index (χ0) is 13.1. The number of esters is 1. The molecule has 0 amide bonds. The molecular weight excluding hydrogens is 220 g/mol. The molecule has 0 aromatic heterocycles. The Balaban J connectivity index is 3.33. The first-order chi connectivity index (χ1) is 8.07. The Bertz CT molecular complexity index is 192. The van der Waals surface area contributed by atoms with E-state index < -0.39 is 18.4 Å². The van der Waals surface area contributed by atoms with Crippen LogP contribution in [0.1, 0.15) is 65.2 Å². The lowest BCUT2D eigenvalue weighted by molar-refractivity contribution is -0.184. The van der Waals surface area contributed by atoms with Crippen molar-refractivity contribution in [1.29, 1.82) is 0 Å². The third kappa shape index (κ3) is 10.3. The van der Waals surface area contributed by atoms with Gasteiger partial charge in [-0.3, -0.25) is 4.79 Å². The number of aliphatic hydroxyl groups is 2. The van der Waals surface area contributed by atoms with E-state index in [1.165, 1.54) is 32.6 Å². The van der Waals surface area contributed by atoms with Crippen LogP contribution in [0.25, 0.3) is 0 Å². The summed E-state index contributed by atoms with van der Waals surface area (Å²) in [5.74, 6) is -0.438. The molecule has 0 spiro atoms. The van der Waals surface area contributed by atoms with Crippen LogP contribution in [0, 0.1) is 0 Å². The lowest BCUT2D eigenvalue weighted by atomic mass is 10.1. The van der Waals surface area contributed by atoms with E-state index in [4.69, 9.17) is 10.2 Å². The number of hydrogen-bond acceptors (Lipinski definition) is 4. The van der Waals surface area contributed by atoms with E-state index in [2.05, 4.69) is 11.7 Å². The molecular formula is C13H26O4. The van der Waals surface area contributed by atoms with Gasteiger partial charge in [-0.05, 0) is 13.3 Å². The molecule has 4 heteroatoms. The van der Waals surface area contributed by atoms with E-state index in [1.54, 1.807) is 0 Å². The van der Waals surface area contributed by atoms with Gasteiger partial charge in [0, 0.05) is 6.42 Å². The van der Waals surface area contributed by atoms with Gasteiger partial charge in [-0.2, -0.15) is 0 Å². The fourth-order valence-corrected chi connectivity index (χ4v) is 1.52. The van der Waals surface area contributed by atoms with Crippen molar-refractivity contribution in [2.24, 2.45) is 0 Å². The lowest BCUT2D eigenvalue weighted by Gasteiger charge is -2.14. The minimum atomic E-state index is -1.40. The minimum absolute atomic E-state index is 0.317. The van der Waals surface area contributed by atoms with Crippen LogP contribution < -0.4 is 0 Å². The second kappa shape index (κ2) is 10.5. The van der Waals surface area contributed by atoms with Gasteiger partial charge in [0.15, 0.2) is 0 Å². The van der Waals surface area contributed by atoms with Crippen molar-refractivity contribution in [3.8, 4) is 0 Å². The molecule has 0 heterocycles. The summed E-state index contributed by atoms with van der Waals surface area (Å²) < 4.78 is 4.62. The topological polar surface area (TPSA) is 66.8 Å². The molecule has 0 saturated carbocycles. The van der Waals surface area contributed by atoms with E-state index in [0.717, 1.165) is 19.3 Å². The van der Waals surface area contributed by atoms with Crippen molar-refractivity contribution in [3.05, 3.63) is 0 Å². The molecule has 0 fully saturated rings. The maximum Gasteiger partial charge on any atom is 0.308 e. The molecule has 0 aliphatic rings. The third-order valence-corrected chi connectivity index (χ3v) is 2.65. The first-order valence-electron chi connectivity index (χ1n) is 6.63. The quantitative estimate of drug-likeness (QED) is 0.353. The Hall–Kier alpha value is -0.610. The highest BCUT2D eigenvalue weighted by Crippen LogP contribution is 2.09. The highest BCUT2D eigenvalue weighted by Gasteiger charge is 2.15. The maximum absolute atomic E-state index is 11.2. The van der Waals surface area contributed by atoms with Crippen molar-refractivity contribution in [3.63, 3.8) is 0 Å². The SMILES string of the molecule is CCCCCCCCCC(=O)OC(O)C(C)O. The Morgan fingerprint density at radius 3 is 2.12 bits per heavy atom. The van der Waals surface area contributed by atoms with E-state index >= 15 is 0 Å². The first kappa shape index (κ1) is 16.4. The molecule has 0 rings (SSSR count). The Morgan fingerprint density at radius 2 is 1.59 bits per heavy atom. The van der Waals surface area contributed by atoms with Gasteiger partial charge >= 0.3 is 5.97 Å². The van der Waals surface area contributed by atoms with E-state index in [-0.39, 0.29) is 0 Å². The number of rotatable bonds is 10. The Kier molecular flexibility index (Phi) is 10.2. The van der Waals surface area contributed by atoms with Gasteiger partial charge < -0.3 is 14.9 Å². The smallest absolute Gasteiger partial charge is 0.308 e. The van der Waals surface area contributed by atoms with Crippen LogP contribution >= 0.6 is 0 Å². The monoisotopic (exact) mass is 246 g/mol. The predicted octanol–water partition coefficient (Wildman–Crippen LogP) is 2.37. The average Bonchev–Trinajstić information content (AvgIpc) is 2.27. The first-order valence-corrected chi connectivity index (χ1v) is 6.63. The fraction of sp³-hybridized carbons (Fsp3) is 0.923. The van der Waals surface area contributed by atoms with Crippen molar-refractivity contribution >= 4 is 5.97 Å². The molecule has 0 bridgehead atoms. The largest absolute Gasteiger partial charge is 0.433 e. The number of aliphatic hydroxyl groups excluding tert-OH is 2. The van der Waals surface area contributed by atoms with Crippen LogP contribution in [-0.2, 0) is 9.53 Å². The number of unbranched alkanes of at least 4 members (excludes halogenated alkanes) is 6. The van der Waals surface area contributed by atoms with Crippen LogP contribution in [0.3, 0.4) is 0 Å². The van der Waals surface area contributed by atoms with Gasteiger partial charge in [-0.25, -0.2) is 0 Å². The van der Waals surface area contributed by atoms with Crippen molar-refractivity contribution in [2.45, 2.75) is 77.6 Å². The highest BCUT2D eigenvalue weighted by atomic mass is 16.6. The van der Waals surface area contributed by atoms with E-state index in [1.807, 2.05) is 0 Å². The zero-order valence-electron chi connectivity index (χ0n) is 11.0. The van der Waals surface area contributed by atoms with E-state index in [0.29, 0.717) is 6.42 Å². The summed E-state index contributed by atoms with van der Waals surface area (Å²) in [5, 5.41) is 18.0. The minimum Gasteiger partial charge on any atom is -0.433 e. The van der Waals surface area contributed by atoms with Crippen LogP contribution in [0.4, 0.5) is 0 Å². The molecule has 2 unspecified atom stereocenters. The number of hydrogen-bond donors (Lipinski definition) is 2. The summed E-state index contributed by atoms with van der Waals surface area (Å²) in [7, 11) is 0. The maximum atomic E-state index is 11.2. The number of ether oxygens (including phenoxy) is 1. The molecule has 2 atom stereocenters. The molecule has 0 aromatic rings. The molecule has 0 radical (unpaired) electrons. The average molecular weight is 246 g/mol. The Morgan fingerprint density at radius 1 is 1.06 bits per heavy atom. The van der Waals surface area contributed by atoms with E-state index in [9.17, 15) is 4.79 Å². The fourth-order valence-electron chi connectivity index (χ4n) is 1.52. The standard InChI is InChI=1S/C13H26O4/c1-3-4-5-6-7-8-9-10-12(15)17-13(16)11(2)14/h11,13-14,16H,3-10H2,1-2H3. The number of carbonyl (C=O) groups is 1. The van der Waals surface area contributed by atoms with Gasteiger partial charge in [0.25, 0.3) is 0 Å². The summed E-state index contributed by atoms with van der Waals surface area (Å²) in [5.41, 5.74) is 0.